The van der Waals surface area contributed by atoms with Crippen molar-refractivity contribution < 1.29 is 4.79 Å². The van der Waals surface area contributed by atoms with Gasteiger partial charge in [0.2, 0.25) is 5.91 Å². The lowest BCUT2D eigenvalue weighted by Crippen LogP contribution is -2.49. The summed E-state index contributed by atoms with van der Waals surface area (Å²) in [5.41, 5.74) is 1.03. The van der Waals surface area contributed by atoms with E-state index in [1.54, 1.807) is 13.1 Å². The summed E-state index contributed by atoms with van der Waals surface area (Å²) in [7, 11) is 0. The molecule has 1 aliphatic heterocycles. The second-order valence-corrected chi connectivity index (χ2v) is 5.36. The van der Waals surface area contributed by atoms with Crippen molar-refractivity contribution in [1.82, 2.24) is 14.9 Å². The molecule has 1 amide bonds. The molecule has 6 nitrogen and oxygen atoms in total. The first-order chi connectivity index (χ1) is 9.69. The van der Waals surface area contributed by atoms with Gasteiger partial charge in [-0.2, -0.15) is 5.26 Å². The van der Waals surface area contributed by atoms with Crippen LogP contribution in [0.3, 0.4) is 0 Å². The highest BCUT2D eigenvalue weighted by Gasteiger charge is 2.34. The van der Waals surface area contributed by atoms with Crippen LogP contribution in [0.25, 0.3) is 0 Å². The monoisotopic (exact) mass is 271 g/mol. The third kappa shape index (κ3) is 2.44. The van der Waals surface area contributed by atoms with Crippen molar-refractivity contribution in [2.75, 3.05) is 31.1 Å². The van der Waals surface area contributed by atoms with Gasteiger partial charge < -0.3 is 9.80 Å². The Bertz CT molecular complexity index is 567. The Morgan fingerprint density at radius 1 is 1.35 bits per heavy atom. The van der Waals surface area contributed by atoms with Gasteiger partial charge in [-0.25, -0.2) is 9.97 Å². The lowest BCUT2D eigenvalue weighted by Gasteiger charge is -2.35. The van der Waals surface area contributed by atoms with Gasteiger partial charge >= 0.3 is 0 Å². The summed E-state index contributed by atoms with van der Waals surface area (Å²) in [5, 5.41) is 8.86. The number of carbonyl (C=O) groups excluding carboxylic acids is 1. The van der Waals surface area contributed by atoms with Crippen LogP contribution < -0.4 is 4.90 Å². The number of piperazine rings is 1. The van der Waals surface area contributed by atoms with Gasteiger partial charge in [0.15, 0.2) is 5.69 Å². The zero-order valence-electron chi connectivity index (χ0n) is 11.5. The zero-order chi connectivity index (χ0) is 14.1. The largest absolute Gasteiger partial charge is 0.352 e. The maximum Gasteiger partial charge on any atom is 0.225 e. The van der Waals surface area contributed by atoms with Gasteiger partial charge in [-0.05, 0) is 19.8 Å². The Morgan fingerprint density at radius 2 is 2.05 bits per heavy atom. The van der Waals surface area contributed by atoms with E-state index in [0.29, 0.717) is 23.2 Å². The van der Waals surface area contributed by atoms with Gasteiger partial charge in [0.1, 0.15) is 11.9 Å². The van der Waals surface area contributed by atoms with E-state index in [0.717, 1.165) is 44.8 Å². The number of hydrogen-bond donors (Lipinski definition) is 0. The molecular formula is C14H17N5O. The fraction of sp³-hybridized carbons (Fsp3) is 0.571. The Hall–Kier alpha value is -2.16. The summed E-state index contributed by atoms with van der Waals surface area (Å²) in [6.45, 7) is 4.84. The topological polar surface area (TPSA) is 73.1 Å². The summed E-state index contributed by atoms with van der Waals surface area (Å²) in [5.74, 6) is 1.39. The fourth-order valence-corrected chi connectivity index (χ4v) is 2.48. The predicted octanol–water partition coefficient (Wildman–Crippen LogP) is 0.715. The number of aryl methyl sites for hydroxylation is 1. The number of nitrogens with zero attached hydrogens (tertiary/aromatic N) is 5. The van der Waals surface area contributed by atoms with Crippen molar-refractivity contribution >= 4 is 11.7 Å². The third-order valence-corrected chi connectivity index (χ3v) is 3.88. The molecule has 2 fully saturated rings. The fourth-order valence-electron chi connectivity index (χ4n) is 2.48. The molecule has 0 aromatic carbocycles. The van der Waals surface area contributed by atoms with Crippen LogP contribution in [0.4, 0.5) is 5.82 Å². The van der Waals surface area contributed by atoms with E-state index < -0.39 is 0 Å². The minimum absolute atomic E-state index is 0.290. The summed E-state index contributed by atoms with van der Waals surface area (Å²) >= 11 is 0. The van der Waals surface area contributed by atoms with Crippen LogP contribution in [0, 0.1) is 24.2 Å². The number of hydrogen-bond acceptors (Lipinski definition) is 5. The van der Waals surface area contributed by atoms with Crippen LogP contribution in [0.15, 0.2) is 6.20 Å². The van der Waals surface area contributed by atoms with Crippen molar-refractivity contribution in [3.05, 3.63) is 17.6 Å². The lowest BCUT2D eigenvalue weighted by molar-refractivity contribution is -0.132. The molecule has 104 valence electrons. The molecule has 1 saturated carbocycles. The number of aromatic nitrogens is 2. The molecule has 0 spiro atoms. The van der Waals surface area contributed by atoms with Crippen LogP contribution in [-0.2, 0) is 4.79 Å². The van der Waals surface area contributed by atoms with E-state index in [1.165, 1.54) is 0 Å². The van der Waals surface area contributed by atoms with Gasteiger partial charge in [0.05, 0.1) is 11.9 Å². The van der Waals surface area contributed by atoms with Gasteiger partial charge in [-0.15, -0.1) is 0 Å². The molecule has 20 heavy (non-hydrogen) atoms. The van der Waals surface area contributed by atoms with E-state index >= 15 is 0 Å². The first-order valence-electron chi connectivity index (χ1n) is 6.96. The molecule has 1 aliphatic carbocycles. The highest BCUT2D eigenvalue weighted by atomic mass is 16.2. The molecule has 0 atom stereocenters. The SMILES string of the molecule is Cc1nc(N2CCN(C(=O)C3CC3)CC2)cnc1C#N. The van der Waals surface area contributed by atoms with Crippen molar-refractivity contribution in [2.45, 2.75) is 19.8 Å². The number of carbonyl (C=O) groups is 1. The van der Waals surface area contributed by atoms with Crippen molar-refractivity contribution in [2.24, 2.45) is 5.92 Å². The maximum atomic E-state index is 12.0. The molecule has 0 N–H and O–H groups in total. The molecule has 1 saturated heterocycles. The van der Waals surface area contributed by atoms with Crippen LogP contribution in [0.2, 0.25) is 0 Å². The van der Waals surface area contributed by atoms with E-state index in [2.05, 4.69) is 14.9 Å². The number of amides is 1. The minimum Gasteiger partial charge on any atom is -0.352 e. The molecule has 0 radical (unpaired) electrons. The molecule has 2 heterocycles. The van der Waals surface area contributed by atoms with E-state index in [-0.39, 0.29) is 0 Å². The van der Waals surface area contributed by atoms with Crippen molar-refractivity contribution in [1.29, 1.82) is 5.26 Å². The Labute approximate surface area is 118 Å². The summed E-state index contributed by atoms with van der Waals surface area (Å²) in [4.78, 5) is 24.6. The smallest absolute Gasteiger partial charge is 0.225 e. The van der Waals surface area contributed by atoms with Gasteiger partial charge in [0, 0.05) is 32.1 Å². The molecule has 1 aromatic rings. The van der Waals surface area contributed by atoms with Crippen molar-refractivity contribution in [3.8, 4) is 6.07 Å². The minimum atomic E-state index is 0.290. The highest BCUT2D eigenvalue weighted by molar-refractivity contribution is 5.81. The molecule has 3 rings (SSSR count). The summed E-state index contributed by atoms with van der Waals surface area (Å²) < 4.78 is 0. The van der Waals surface area contributed by atoms with Crippen LogP contribution in [0.1, 0.15) is 24.2 Å². The molecular weight excluding hydrogens is 254 g/mol. The molecule has 0 bridgehead atoms. The Balaban J connectivity index is 1.64. The average molecular weight is 271 g/mol. The second kappa shape index (κ2) is 5.08. The van der Waals surface area contributed by atoms with Crippen LogP contribution in [-0.4, -0.2) is 47.0 Å². The molecule has 0 unspecified atom stereocenters. The normalized spacial score (nSPS) is 18.8. The average Bonchev–Trinajstić information content (AvgIpc) is 3.31. The second-order valence-electron chi connectivity index (χ2n) is 5.36. The Morgan fingerprint density at radius 3 is 2.60 bits per heavy atom. The van der Waals surface area contributed by atoms with Gasteiger partial charge in [0.25, 0.3) is 0 Å². The Kier molecular flexibility index (Phi) is 3.26. The number of rotatable bonds is 2. The van der Waals surface area contributed by atoms with Gasteiger partial charge in [-0.3, -0.25) is 4.79 Å². The highest BCUT2D eigenvalue weighted by Crippen LogP contribution is 2.31. The number of anilines is 1. The molecule has 1 aromatic heterocycles. The number of nitriles is 1. The quantitative estimate of drug-likeness (QED) is 0.792. The first kappa shape index (κ1) is 12.9. The van der Waals surface area contributed by atoms with E-state index in [9.17, 15) is 4.79 Å². The van der Waals surface area contributed by atoms with Crippen molar-refractivity contribution in [3.63, 3.8) is 0 Å². The molecule has 6 heteroatoms. The standard InChI is InChI=1S/C14H17N5O/c1-10-12(8-15)16-9-13(17-10)18-4-6-19(7-5-18)14(20)11-2-3-11/h9,11H,2-7H2,1H3. The summed E-state index contributed by atoms with van der Waals surface area (Å²) in [6.07, 6.45) is 3.75. The predicted molar refractivity (Wildman–Crippen MR) is 73.0 cm³/mol. The zero-order valence-corrected chi connectivity index (χ0v) is 11.5. The van der Waals surface area contributed by atoms with Crippen LogP contribution >= 0.6 is 0 Å². The first-order valence-corrected chi connectivity index (χ1v) is 6.96. The van der Waals surface area contributed by atoms with Crippen LogP contribution in [0.5, 0.6) is 0 Å². The summed E-state index contributed by atoms with van der Waals surface area (Å²) in [6, 6.07) is 2.02. The maximum absolute atomic E-state index is 12.0. The molecule has 2 aliphatic rings. The lowest BCUT2D eigenvalue weighted by atomic mass is 10.2. The van der Waals surface area contributed by atoms with E-state index in [1.807, 2.05) is 11.0 Å². The van der Waals surface area contributed by atoms with Gasteiger partial charge in [-0.1, -0.05) is 0 Å². The third-order valence-electron chi connectivity index (χ3n) is 3.88. The van der Waals surface area contributed by atoms with E-state index in [4.69, 9.17) is 5.26 Å².